The molecular weight excluding hydrogens is 166 g/mol. The van der Waals surface area contributed by atoms with Gasteiger partial charge in [-0.15, -0.1) is 0 Å². The van der Waals surface area contributed by atoms with E-state index in [9.17, 15) is 4.79 Å². The largest absolute Gasteiger partial charge is 0.469 e. The van der Waals surface area contributed by atoms with Gasteiger partial charge in [-0.25, -0.2) is 0 Å². The smallest absolute Gasteiger partial charge is 0.313 e. The van der Waals surface area contributed by atoms with Gasteiger partial charge in [0.1, 0.15) is 0 Å². The van der Waals surface area contributed by atoms with Crippen LogP contribution in [0.5, 0.6) is 0 Å². The van der Waals surface area contributed by atoms with Crippen molar-refractivity contribution < 1.29 is 9.53 Å². The Balaban J connectivity index is 2.54. The van der Waals surface area contributed by atoms with E-state index in [2.05, 4.69) is 13.8 Å². The maximum Gasteiger partial charge on any atom is 0.313 e. The topological polar surface area (TPSA) is 52.3 Å². The van der Waals surface area contributed by atoms with E-state index in [1.165, 1.54) is 7.11 Å². The van der Waals surface area contributed by atoms with Crippen molar-refractivity contribution in [2.24, 2.45) is 17.1 Å². The number of esters is 1. The number of ether oxygens (including phenoxy) is 1. The summed E-state index contributed by atoms with van der Waals surface area (Å²) < 4.78 is 4.76. The Kier molecular flexibility index (Phi) is 2.96. The highest BCUT2D eigenvalue weighted by Gasteiger charge is 2.55. The Labute approximate surface area is 79.6 Å². The fraction of sp³-hybridized carbons (Fsp3) is 0.900. The molecule has 2 N–H and O–H groups in total. The summed E-state index contributed by atoms with van der Waals surface area (Å²) in [5.41, 5.74) is 5.66. The number of carbonyl (C=O) groups excluding carboxylic acids is 1. The van der Waals surface area contributed by atoms with Gasteiger partial charge in [0, 0.05) is 6.04 Å². The first-order valence-corrected chi connectivity index (χ1v) is 4.87. The maximum absolute atomic E-state index is 11.4. The van der Waals surface area contributed by atoms with Crippen molar-refractivity contribution in [3.05, 3.63) is 0 Å². The van der Waals surface area contributed by atoms with Crippen molar-refractivity contribution in [3.63, 3.8) is 0 Å². The van der Waals surface area contributed by atoms with Crippen LogP contribution < -0.4 is 5.73 Å². The molecule has 1 unspecified atom stereocenters. The molecule has 0 saturated heterocycles. The summed E-state index contributed by atoms with van der Waals surface area (Å²) in [7, 11) is 1.44. The minimum Gasteiger partial charge on any atom is -0.469 e. The van der Waals surface area contributed by atoms with Gasteiger partial charge in [0.05, 0.1) is 12.5 Å². The Morgan fingerprint density at radius 1 is 1.54 bits per heavy atom. The second-order valence-corrected chi connectivity index (χ2v) is 4.38. The molecule has 3 heteroatoms. The molecule has 1 saturated carbocycles. The van der Waals surface area contributed by atoms with Crippen LogP contribution in [0.1, 0.15) is 33.1 Å². The summed E-state index contributed by atoms with van der Waals surface area (Å²) in [6, 6.07) is -0.0278. The molecular formula is C10H19NO2. The van der Waals surface area contributed by atoms with E-state index in [4.69, 9.17) is 10.5 Å². The molecule has 0 bridgehead atoms. The molecule has 76 valence electrons. The van der Waals surface area contributed by atoms with Crippen LogP contribution in [-0.4, -0.2) is 19.1 Å². The second kappa shape index (κ2) is 3.66. The molecule has 1 aliphatic rings. The lowest BCUT2D eigenvalue weighted by molar-refractivity contribution is -0.148. The van der Waals surface area contributed by atoms with Gasteiger partial charge in [-0.05, 0) is 25.2 Å². The summed E-state index contributed by atoms with van der Waals surface area (Å²) in [5, 5.41) is 0. The van der Waals surface area contributed by atoms with Gasteiger partial charge in [0.15, 0.2) is 0 Å². The van der Waals surface area contributed by atoms with E-state index in [1.807, 2.05) is 0 Å². The molecule has 3 nitrogen and oxygen atoms in total. The number of hydrogen-bond acceptors (Lipinski definition) is 3. The van der Waals surface area contributed by atoms with Gasteiger partial charge in [-0.2, -0.15) is 0 Å². The summed E-state index contributed by atoms with van der Waals surface area (Å²) in [6.45, 7) is 4.24. The lowest BCUT2D eigenvalue weighted by Gasteiger charge is -2.22. The SMILES string of the molecule is COC(=O)C1(C(N)CC(C)C)CC1. The van der Waals surface area contributed by atoms with Gasteiger partial charge < -0.3 is 10.5 Å². The number of methoxy groups -OCH3 is 1. The molecule has 0 amide bonds. The lowest BCUT2D eigenvalue weighted by Crippen LogP contribution is -2.39. The minimum atomic E-state index is -0.334. The molecule has 1 aliphatic carbocycles. The molecule has 1 fully saturated rings. The van der Waals surface area contributed by atoms with E-state index in [0.29, 0.717) is 5.92 Å². The van der Waals surface area contributed by atoms with Gasteiger partial charge in [-0.3, -0.25) is 4.79 Å². The predicted molar refractivity (Wildman–Crippen MR) is 51.1 cm³/mol. The molecule has 0 aliphatic heterocycles. The Hall–Kier alpha value is -0.570. The van der Waals surface area contributed by atoms with Crippen LogP contribution >= 0.6 is 0 Å². The van der Waals surface area contributed by atoms with Crippen LogP contribution in [0.3, 0.4) is 0 Å². The van der Waals surface area contributed by atoms with Crippen LogP contribution in [0.4, 0.5) is 0 Å². The fourth-order valence-electron chi connectivity index (χ4n) is 1.80. The Morgan fingerprint density at radius 2 is 2.08 bits per heavy atom. The van der Waals surface area contributed by atoms with E-state index < -0.39 is 0 Å². The predicted octanol–water partition coefficient (Wildman–Crippen LogP) is 1.31. The normalized spacial score (nSPS) is 21.3. The zero-order valence-electron chi connectivity index (χ0n) is 8.67. The highest BCUT2D eigenvalue weighted by atomic mass is 16.5. The van der Waals surface area contributed by atoms with Crippen LogP contribution in [0.2, 0.25) is 0 Å². The first-order valence-electron chi connectivity index (χ1n) is 4.87. The highest BCUT2D eigenvalue weighted by molar-refractivity contribution is 5.80. The monoisotopic (exact) mass is 185 g/mol. The zero-order chi connectivity index (χ0) is 10.1. The standard InChI is InChI=1S/C10H19NO2/c1-7(2)6-8(11)10(4-5-10)9(12)13-3/h7-8H,4-6,11H2,1-3H3. The molecule has 0 spiro atoms. The molecule has 13 heavy (non-hydrogen) atoms. The second-order valence-electron chi connectivity index (χ2n) is 4.38. The molecule has 0 aromatic rings. The van der Waals surface area contributed by atoms with Crippen molar-refractivity contribution in [1.82, 2.24) is 0 Å². The highest BCUT2D eigenvalue weighted by Crippen LogP contribution is 2.50. The molecule has 0 aromatic carbocycles. The molecule has 1 rings (SSSR count). The van der Waals surface area contributed by atoms with E-state index in [1.54, 1.807) is 0 Å². The van der Waals surface area contributed by atoms with Gasteiger partial charge in [0.25, 0.3) is 0 Å². The van der Waals surface area contributed by atoms with Gasteiger partial charge >= 0.3 is 5.97 Å². The molecule has 0 aromatic heterocycles. The van der Waals surface area contributed by atoms with Crippen molar-refractivity contribution in [1.29, 1.82) is 0 Å². The van der Waals surface area contributed by atoms with E-state index in [-0.39, 0.29) is 17.4 Å². The molecule has 0 heterocycles. The minimum absolute atomic E-state index is 0.0278. The summed E-state index contributed by atoms with van der Waals surface area (Å²) in [4.78, 5) is 11.4. The first kappa shape index (κ1) is 10.5. The molecule has 0 radical (unpaired) electrons. The molecule has 1 atom stereocenters. The van der Waals surface area contributed by atoms with Crippen LogP contribution in [0.25, 0.3) is 0 Å². The first-order chi connectivity index (χ1) is 6.03. The average Bonchev–Trinajstić information content (AvgIpc) is 2.82. The van der Waals surface area contributed by atoms with Crippen molar-refractivity contribution in [2.45, 2.75) is 39.2 Å². The maximum atomic E-state index is 11.4. The number of nitrogens with two attached hydrogens (primary N) is 1. The summed E-state index contributed by atoms with van der Waals surface area (Å²) in [6.07, 6.45) is 2.69. The van der Waals surface area contributed by atoms with Crippen molar-refractivity contribution in [2.75, 3.05) is 7.11 Å². The van der Waals surface area contributed by atoms with E-state index in [0.717, 1.165) is 19.3 Å². The quantitative estimate of drug-likeness (QED) is 0.672. The Bertz CT molecular complexity index is 197. The van der Waals surface area contributed by atoms with Gasteiger partial charge in [-0.1, -0.05) is 13.8 Å². The summed E-state index contributed by atoms with van der Waals surface area (Å²) in [5.74, 6) is 0.415. The summed E-state index contributed by atoms with van der Waals surface area (Å²) >= 11 is 0. The van der Waals surface area contributed by atoms with Crippen LogP contribution in [0.15, 0.2) is 0 Å². The third-order valence-corrected chi connectivity index (χ3v) is 2.82. The van der Waals surface area contributed by atoms with Crippen LogP contribution in [0, 0.1) is 11.3 Å². The van der Waals surface area contributed by atoms with Crippen molar-refractivity contribution in [3.8, 4) is 0 Å². The van der Waals surface area contributed by atoms with E-state index >= 15 is 0 Å². The number of hydrogen-bond donors (Lipinski definition) is 1. The fourth-order valence-corrected chi connectivity index (χ4v) is 1.80. The number of carbonyl (C=O) groups is 1. The van der Waals surface area contributed by atoms with Gasteiger partial charge in [0.2, 0.25) is 0 Å². The van der Waals surface area contributed by atoms with Crippen LogP contribution in [-0.2, 0) is 9.53 Å². The third kappa shape index (κ3) is 2.02. The van der Waals surface area contributed by atoms with Crippen molar-refractivity contribution >= 4 is 5.97 Å². The third-order valence-electron chi connectivity index (χ3n) is 2.82. The Morgan fingerprint density at radius 3 is 2.38 bits per heavy atom. The average molecular weight is 185 g/mol. The zero-order valence-corrected chi connectivity index (χ0v) is 8.67. The number of rotatable bonds is 4. The lowest BCUT2D eigenvalue weighted by atomic mass is 9.90.